The molecule has 1 aliphatic rings. The van der Waals surface area contributed by atoms with Crippen LogP contribution in [0.5, 0.6) is 0 Å². The number of nitriles is 1. The summed E-state index contributed by atoms with van der Waals surface area (Å²) in [6, 6.07) is 2.00. The summed E-state index contributed by atoms with van der Waals surface area (Å²) in [7, 11) is 0. The van der Waals surface area contributed by atoms with Crippen LogP contribution in [0.1, 0.15) is 12.8 Å². The van der Waals surface area contributed by atoms with Crippen LogP contribution in [0.4, 0.5) is 0 Å². The quantitative estimate of drug-likeness (QED) is 0.660. The van der Waals surface area contributed by atoms with E-state index in [1.165, 1.54) is 0 Å². The molecular formula is C9H15N3O2. The van der Waals surface area contributed by atoms with Crippen molar-refractivity contribution in [3.05, 3.63) is 0 Å². The summed E-state index contributed by atoms with van der Waals surface area (Å²) < 4.78 is 5.13. The van der Waals surface area contributed by atoms with Gasteiger partial charge in [0.25, 0.3) is 0 Å². The predicted molar refractivity (Wildman–Crippen MR) is 50.2 cm³/mol. The zero-order valence-electron chi connectivity index (χ0n) is 8.11. The molecule has 0 radical (unpaired) electrons. The molecule has 1 heterocycles. The van der Waals surface area contributed by atoms with E-state index < -0.39 is 6.10 Å². The van der Waals surface area contributed by atoms with Crippen LogP contribution in [0.25, 0.3) is 0 Å². The third-order valence-corrected chi connectivity index (χ3v) is 2.16. The van der Waals surface area contributed by atoms with Gasteiger partial charge in [-0.05, 0) is 13.0 Å². The highest BCUT2D eigenvalue weighted by Crippen LogP contribution is 2.06. The summed E-state index contributed by atoms with van der Waals surface area (Å²) in [5.74, 6) is 0.0685. The number of hydrogen-bond acceptors (Lipinski definition) is 4. The van der Waals surface area contributed by atoms with Crippen molar-refractivity contribution in [2.24, 2.45) is 5.73 Å². The van der Waals surface area contributed by atoms with Gasteiger partial charge in [0.2, 0.25) is 5.91 Å². The van der Waals surface area contributed by atoms with Crippen LogP contribution in [0.15, 0.2) is 0 Å². The molecule has 14 heavy (non-hydrogen) atoms. The fourth-order valence-corrected chi connectivity index (χ4v) is 1.37. The van der Waals surface area contributed by atoms with E-state index in [4.69, 9.17) is 15.7 Å². The monoisotopic (exact) mass is 197 g/mol. The first kappa shape index (κ1) is 11.0. The lowest BCUT2D eigenvalue weighted by atomic mass is 10.2. The number of nitrogens with two attached hydrogens (primary N) is 1. The van der Waals surface area contributed by atoms with Crippen LogP contribution in [0.3, 0.4) is 0 Å². The molecule has 0 bridgehead atoms. The van der Waals surface area contributed by atoms with Crippen molar-refractivity contribution in [2.75, 3.05) is 26.2 Å². The van der Waals surface area contributed by atoms with Crippen molar-refractivity contribution in [3.63, 3.8) is 0 Å². The molecule has 0 aromatic rings. The average molecular weight is 197 g/mol. The number of morpholine rings is 1. The van der Waals surface area contributed by atoms with Gasteiger partial charge >= 0.3 is 0 Å². The molecule has 1 fully saturated rings. The maximum Gasteiger partial charge on any atom is 0.222 e. The van der Waals surface area contributed by atoms with Crippen LogP contribution in [0.2, 0.25) is 0 Å². The fraction of sp³-hybridized carbons (Fsp3) is 0.778. The van der Waals surface area contributed by atoms with Gasteiger partial charge in [-0.3, -0.25) is 4.79 Å². The van der Waals surface area contributed by atoms with Crippen LogP contribution in [0, 0.1) is 11.3 Å². The summed E-state index contributed by atoms with van der Waals surface area (Å²) in [4.78, 5) is 13.2. The Balaban J connectivity index is 2.36. The van der Waals surface area contributed by atoms with E-state index in [2.05, 4.69) is 0 Å². The lowest BCUT2D eigenvalue weighted by Gasteiger charge is -2.29. The summed E-state index contributed by atoms with van der Waals surface area (Å²) in [6.07, 6.45) is 0.702. The van der Waals surface area contributed by atoms with Gasteiger partial charge in [0.15, 0.2) is 6.10 Å². The Labute approximate surface area is 83.4 Å². The SMILES string of the molecule is N#CC1CN(C(=O)CCCN)CCO1. The minimum absolute atomic E-state index is 0.0685. The zero-order chi connectivity index (χ0) is 10.4. The molecule has 1 unspecified atom stereocenters. The maximum absolute atomic E-state index is 11.5. The summed E-state index contributed by atoms with van der Waals surface area (Å²) in [5, 5.41) is 8.63. The van der Waals surface area contributed by atoms with Crippen LogP contribution in [-0.2, 0) is 9.53 Å². The largest absolute Gasteiger partial charge is 0.360 e. The van der Waals surface area contributed by atoms with Gasteiger partial charge < -0.3 is 15.4 Å². The Morgan fingerprint density at radius 2 is 2.50 bits per heavy atom. The second-order valence-electron chi connectivity index (χ2n) is 3.22. The molecular weight excluding hydrogens is 182 g/mol. The smallest absolute Gasteiger partial charge is 0.222 e. The van der Waals surface area contributed by atoms with E-state index in [-0.39, 0.29) is 5.91 Å². The van der Waals surface area contributed by atoms with Gasteiger partial charge in [-0.25, -0.2) is 0 Å². The Morgan fingerprint density at radius 3 is 3.14 bits per heavy atom. The molecule has 1 aliphatic heterocycles. The average Bonchev–Trinajstić information content (AvgIpc) is 2.26. The molecule has 5 nitrogen and oxygen atoms in total. The van der Waals surface area contributed by atoms with E-state index in [1.54, 1.807) is 4.90 Å². The first-order valence-corrected chi connectivity index (χ1v) is 4.77. The lowest BCUT2D eigenvalue weighted by molar-refractivity contribution is -0.137. The van der Waals surface area contributed by atoms with E-state index in [1.807, 2.05) is 6.07 Å². The number of rotatable bonds is 3. The normalized spacial score (nSPS) is 21.7. The third-order valence-electron chi connectivity index (χ3n) is 2.16. The van der Waals surface area contributed by atoms with Gasteiger partial charge in [-0.2, -0.15) is 5.26 Å². The Morgan fingerprint density at radius 1 is 1.71 bits per heavy atom. The molecule has 1 atom stereocenters. The Bertz CT molecular complexity index is 237. The van der Waals surface area contributed by atoms with Gasteiger partial charge in [-0.15, -0.1) is 0 Å². The van der Waals surface area contributed by atoms with Crippen molar-refractivity contribution >= 4 is 5.91 Å². The molecule has 2 N–H and O–H groups in total. The number of nitrogens with zero attached hydrogens (tertiary/aromatic N) is 2. The minimum Gasteiger partial charge on any atom is -0.360 e. The van der Waals surface area contributed by atoms with Crippen molar-refractivity contribution in [3.8, 4) is 6.07 Å². The van der Waals surface area contributed by atoms with Gasteiger partial charge in [0.05, 0.1) is 19.2 Å². The van der Waals surface area contributed by atoms with Gasteiger partial charge in [0, 0.05) is 13.0 Å². The Hall–Kier alpha value is -1.12. The first-order valence-electron chi connectivity index (χ1n) is 4.77. The van der Waals surface area contributed by atoms with Crippen LogP contribution < -0.4 is 5.73 Å². The van der Waals surface area contributed by atoms with Gasteiger partial charge in [0.1, 0.15) is 0 Å². The fourth-order valence-electron chi connectivity index (χ4n) is 1.37. The van der Waals surface area contributed by atoms with E-state index in [0.29, 0.717) is 39.1 Å². The summed E-state index contributed by atoms with van der Waals surface area (Å²) >= 11 is 0. The third kappa shape index (κ3) is 2.98. The highest BCUT2D eigenvalue weighted by Gasteiger charge is 2.23. The number of ether oxygens (including phenoxy) is 1. The molecule has 0 spiro atoms. The van der Waals surface area contributed by atoms with Crippen LogP contribution >= 0.6 is 0 Å². The number of carbonyl (C=O) groups excluding carboxylic acids is 1. The second kappa shape index (κ2) is 5.58. The summed E-state index contributed by atoms with van der Waals surface area (Å²) in [5.41, 5.74) is 5.31. The van der Waals surface area contributed by atoms with Crippen molar-refractivity contribution < 1.29 is 9.53 Å². The lowest BCUT2D eigenvalue weighted by Crippen LogP contribution is -2.45. The molecule has 0 aliphatic carbocycles. The molecule has 1 saturated heterocycles. The molecule has 1 amide bonds. The number of amides is 1. The molecule has 1 rings (SSSR count). The highest BCUT2D eigenvalue weighted by molar-refractivity contribution is 5.76. The second-order valence-corrected chi connectivity index (χ2v) is 3.22. The molecule has 0 saturated carbocycles. The van der Waals surface area contributed by atoms with Gasteiger partial charge in [-0.1, -0.05) is 0 Å². The minimum atomic E-state index is -0.467. The predicted octanol–water partition coefficient (Wildman–Crippen LogP) is -0.524. The van der Waals surface area contributed by atoms with Crippen molar-refractivity contribution in [1.29, 1.82) is 5.26 Å². The van der Waals surface area contributed by atoms with E-state index in [9.17, 15) is 4.79 Å². The molecule has 5 heteroatoms. The standard InChI is InChI=1S/C9H15N3O2/c10-3-1-2-9(13)12-4-5-14-8(6-11)7-12/h8H,1-5,7,10H2. The van der Waals surface area contributed by atoms with E-state index in [0.717, 1.165) is 0 Å². The highest BCUT2D eigenvalue weighted by atomic mass is 16.5. The molecule has 0 aromatic heterocycles. The number of carbonyl (C=O) groups is 1. The Kier molecular flexibility index (Phi) is 4.36. The zero-order valence-corrected chi connectivity index (χ0v) is 8.11. The molecule has 78 valence electrons. The number of hydrogen-bond donors (Lipinski definition) is 1. The maximum atomic E-state index is 11.5. The van der Waals surface area contributed by atoms with Crippen molar-refractivity contribution in [2.45, 2.75) is 18.9 Å². The van der Waals surface area contributed by atoms with Crippen LogP contribution in [-0.4, -0.2) is 43.2 Å². The molecule has 0 aromatic carbocycles. The topological polar surface area (TPSA) is 79.4 Å². The first-order chi connectivity index (χ1) is 6.77. The van der Waals surface area contributed by atoms with E-state index >= 15 is 0 Å². The van der Waals surface area contributed by atoms with Crippen molar-refractivity contribution in [1.82, 2.24) is 4.90 Å². The summed E-state index contributed by atoms with van der Waals surface area (Å²) in [6.45, 7) is 1.95.